The van der Waals surface area contributed by atoms with Crippen molar-refractivity contribution >= 4 is 27.5 Å². The van der Waals surface area contributed by atoms with Crippen LogP contribution in [0.1, 0.15) is 44.9 Å². The summed E-state index contributed by atoms with van der Waals surface area (Å²) in [6.45, 7) is 1.28. The lowest BCUT2D eigenvalue weighted by molar-refractivity contribution is -0.121. The number of ether oxygens (including phenoxy) is 1. The minimum absolute atomic E-state index is 0.155. The fourth-order valence-electron chi connectivity index (χ4n) is 2.49. The van der Waals surface area contributed by atoms with E-state index in [2.05, 4.69) is 5.32 Å². The van der Waals surface area contributed by atoms with Gasteiger partial charge in [-0.25, -0.2) is 4.39 Å². The molecule has 1 aromatic carbocycles. The largest absolute Gasteiger partial charge is 0.494 e. The van der Waals surface area contributed by atoms with Gasteiger partial charge in [-0.15, -0.1) is 0 Å². The topological polar surface area (TPSA) is 38.3 Å². The Morgan fingerprint density at radius 2 is 2.04 bits per heavy atom. The minimum atomic E-state index is -0.258. The van der Waals surface area contributed by atoms with Crippen molar-refractivity contribution in [2.75, 3.05) is 18.9 Å². The summed E-state index contributed by atoms with van der Waals surface area (Å²) < 4.78 is 18.3. The Bertz CT molecular complexity index is 478. The maximum absolute atomic E-state index is 12.7. The number of hydrogen-bond donors (Lipinski definition) is 1. The average molecular weight is 372 g/mol. The molecule has 1 heterocycles. The van der Waals surface area contributed by atoms with Gasteiger partial charge in [-0.3, -0.25) is 4.79 Å². The molecular weight excluding hydrogens is 345 g/mol. The van der Waals surface area contributed by atoms with Crippen LogP contribution in [0.2, 0.25) is 0 Å². The highest BCUT2D eigenvalue weighted by atomic mass is 33.1. The van der Waals surface area contributed by atoms with E-state index in [0.29, 0.717) is 25.3 Å². The van der Waals surface area contributed by atoms with Gasteiger partial charge in [0.05, 0.1) is 6.61 Å². The van der Waals surface area contributed by atoms with Gasteiger partial charge >= 0.3 is 0 Å². The van der Waals surface area contributed by atoms with Crippen molar-refractivity contribution in [2.45, 2.75) is 50.2 Å². The molecular formula is C18H26FNO2S2. The summed E-state index contributed by atoms with van der Waals surface area (Å²) in [5.41, 5.74) is 0. The van der Waals surface area contributed by atoms with Crippen LogP contribution in [0.4, 0.5) is 4.39 Å². The predicted octanol–water partition coefficient (Wildman–Crippen LogP) is 4.82. The number of carbonyl (C=O) groups excluding carboxylic acids is 1. The molecule has 1 aliphatic rings. The normalized spacial score (nSPS) is 17.0. The first kappa shape index (κ1) is 19.4. The Kier molecular flexibility index (Phi) is 9.43. The van der Waals surface area contributed by atoms with Crippen LogP contribution in [0.5, 0.6) is 5.75 Å². The van der Waals surface area contributed by atoms with E-state index in [9.17, 15) is 9.18 Å². The molecule has 1 unspecified atom stereocenters. The fourth-order valence-corrected chi connectivity index (χ4v) is 5.51. The Morgan fingerprint density at radius 3 is 2.79 bits per heavy atom. The van der Waals surface area contributed by atoms with Gasteiger partial charge in [0.25, 0.3) is 0 Å². The van der Waals surface area contributed by atoms with Gasteiger partial charge in [0.1, 0.15) is 11.6 Å². The van der Waals surface area contributed by atoms with Crippen molar-refractivity contribution < 1.29 is 13.9 Å². The Labute approximate surface area is 151 Å². The molecule has 0 spiro atoms. The predicted molar refractivity (Wildman–Crippen MR) is 101 cm³/mol. The Balaban J connectivity index is 1.39. The minimum Gasteiger partial charge on any atom is -0.494 e. The summed E-state index contributed by atoms with van der Waals surface area (Å²) >= 11 is 0. The quantitative estimate of drug-likeness (QED) is 0.447. The molecule has 6 heteroatoms. The number of rotatable bonds is 11. The van der Waals surface area contributed by atoms with Gasteiger partial charge in [0.2, 0.25) is 5.91 Å². The average Bonchev–Trinajstić information content (AvgIpc) is 3.10. The van der Waals surface area contributed by atoms with E-state index < -0.39 is 0 Å². The van der Waals surface area contributed by atoms with E-state index in [1.165, 1.54) is 30.7 Å². The van der Waals surface area contributed by atoms with Crippen molar-refractivity contribution in [3.05, 3.63) is 30.1 Å². The van der Waals surface area contributed by atoms with E-state index in [-0.39, 0.29) is 11.7 Å². The third kappa shape index (κ3) is 8.29. The number of benzene rings is 1. The molecule has 3 nitrogen and oxygen atoms in total. The highest BCUT2D eigenvalue weighted by Gasteiger charge is 2.15. The lowest BCUT2D eigenvalue weighted by atomic mass is 10.1. The van der Waals surface area contributed by atoms with E-state index >= 15 is 0 Å². The highest BCUT2D eigenvalue weighted by molar-refractivity contribution is 8.77. The van der Waals surface area contributed by atoms with Crippen LogP contribution in [0.3, 0.4) is 0 Å². The maximum atomic E-state index is 12.7. The van der Waals surface area contributed by atoms with E-state index in [0.717, 1.165) is 30.9 Å². The Hall–Kier alpha value is -0.880. The first-order valence-corrected chi connectivity index (χ1v) is 11.1. The number of unbranched alkanes of at least 4 members (excludes halogenated alkanes) is 2. The summed E-state index contributed by atoms with van der Waals surface area (Å²) in [5, 5.41) is 3.77. The second-order valence-electron chi connectivity index (χ2n) is 5.93. The number of amides is 1. The van der Waals surface area contributed by atoms with Crippen molar-refractivity contribution in [2.24, 2.45) is 0 Å². The lowest BCUT2D eigenvalue weighted by Crippen LogP contribution is -2.24. The van der Waals surface area contributed by atoms with Crippen LogP contribution >= 0.6 is 21.6 Å². The number of halogens is 1. The lowest BCUT2D eigenvalue weighted by Gasteiger charge is -2.08. The summed E-state index contributed by atoms with van der Waals surface area (Å²) in [4.78, 5) is 11.7. The zero-order chi connectivity index (χ0) is 17.0. The highest BCUT2D eigenvalue weighted by Crippen LogP contribution is 2.39. The van der Waals surface area contributed by atoms with Crippen LogP contribution in [0.25, 0.3) is 0 Å². The smallest absolute Gasteiger partial charge is 0.219 e. The van der Waals surface area contributed by atoms with E-state index in [1.807, 2.05) is 21.6 Å². The number of hydrogen-bond acceptors (Lipinski definition) is 4. The molecule has 0 saturated carbocycles. The fraction of sp³-hybridized carbons (Fsp3) is 0.611. The first-order chi connectivity index (χ1) is 11.7. The molecule has 0 bridgehead atoms. The summed E-state index contributed by atoms with van der Waals surface area (Å²) in [7, 11) is 3.98. The molecule has 1 fully saturated rings. The molecule has 1 saturated heterocycles. The maximum Gasteiger partial charge on any atom is 0.219 e. The second kappa shape index (κ2) is 11.6. The van der Waals surface area contributed by atoms with Crippen molar-refractivity contribution in [1.82, 2.24) is 5.32 Å². The summed E-state index contributed by atoms with van der Waals surface area (Å²) in [6.07, 6.45) is 7.10. The van der Waals surface area contributed by atoms with Gasteiger partial charge in [-0.2, -0.15) is 0 Å². The monoisotopic (exact) mass is 371 g/mol. The van der Waals surface area contributed by atoms with Crippen LogP contribution < -0.4 is 10.1 Å². The molecule has 1 atom stereocenters. The van der Waals surface area contributed by atoms with E-state index in [1.54, 1.807) is 12.1 Å². The molecule has 0 radical (unpaired) electrons. The second-order valence-corrected chi connectivity index (χ2v) is 8.72. The van der Waals surface area contributed by atoms with Gasteiger partial charge < -0.3 is 10.1 Å². The molecule has 2 rings (SSSR count). The van der Waals surface area contributed by atoms with E-state index in [4.69, 9.17) is 4.74 Å². The van der Waals surface area contributed by atoms with Crippen LogP contribution in [0.15, 0.2) is 24.3 Å². The Morgan fingerprint density at radius 1 is 1.21 bits per heavy atom. The molecule has 1 aromatic rings. The SMILES string of the molecule is O=C(CCCCC1CCSS1)NCCCCOc1ccc(F)cc1. The van der Waals surface area contributed by atoms with Gasteiger partial charge in [-0.1, -0.05) is 28.0 Å². The van der Waals surface area contributed by atoms with Gasteiger partial charge in [0, 0.05) is 24.0 Å². The first-order valence-electron chi connectivity index (χ1n) is 8.67. The third-order valence-corrected chi connectivity index (χ3v) is 6.89. The van der Waals surface area contributed by atoms with Crippen molar-refractivity contribution in [1.29, 1.82) is 0 Å². The van der Waals surface area contributed by atoms with Crippen molar-refractivity contribution in [3.63, 3.8) is 0 Å². The molecule has 1 N–H and O–H groups in total. The molecule has 24 heavy (non-hydrogen) atoms. The van der Waals surface area contributed by atoms with Gasteiger partial charge in [-0.05, 0) is 56.4 Å². The summed E-state index contributed by atoms with van der Waals surface area (Å²) in [6, 6.07) is 6.03. The summed E-state index contributed by atoms with van der Waals surface area (Å²) in [5.74, 6) is 1.86. The molecule has 134 valence electrons. The molecule has 0 aromatic heterocycles. The standard InChI is InChI=1S/C18H26FNO2S2/c19-15-7-9-16(10-8-15)22-13-4-3-12-20-18(21)6-2-1-5-17-11-14-23-24-17/h7-10,17H,1-6,11-14H2,(H,20,21). The van der Waals surface area contributed by atoms with Gasteiger partial charge in [0.15, 0.2) is 0 Å². The van der Waals surface area contributed by atoms with Crippen LogP contribution in [-0.2, 0) is 4.79 Å². The number of carbonyl (C=O) groups is 1. The number of nitrogens with one attached hydrogen (secondary N) is 1. The van der Waals surface area contributed by atoms with Crippen LogP contribution in [-0.4, -0.2) is 30.1 Å². The third-order valence-electron chi connectivity index (χ3n) is 3.88. The molecule has 1 aliphatic heterocycles. The van der Waals surface area contributed by atoms with Crippen molar-refractivity contribution in [3.8, 4) is 5.75 Å². The molecule has 0 aliphatic carbocycles. The molecule has 1 amide bonds. The zero-order valence-electron chi connectivity index (χ0n) is 14.0. The van der Waals surface area contributed by atoms with Crippen LogP contribution in [0, 0.1) is 5.82 Å². The zero-order valence-corrected chi connectivity index (χ0v) is 15.6.